The van der Waals surface area contributed by atoms with E-state index in [2.05, 4.69) is 36.2 Å². The summed E-state index contributed by atoms with van der Waals surface area (Å²) in [4.78, 5) is 83.0. The Bertz CT molecular complexity index is 2920. The second-order valence-corrected chi connectivity index (χ2v) is 21.3. The number of benzene rings is 3. The molecule has 2 aliphatic rings. The number of rotatable bonds is 18. The van der Waals surface area contributed by atoms with E-state index in [0.29, 0.717) is 42.6 Å². The monoisotopic (exact) mass is 1070 g/mol. The Morgan fingerprint density at radius 3 is 2.09 bits per heavy atom. The Labute approximate surface area is 436 Å². The molecule has 0 spiro atoms. The number of amidine groups is 1. The van der Waals surface area contributed by atoms with Crippen LogP contribution in [0.5, 0.6) is 5.75 Å². The molecule has 0 aliphatic carbocycles. The first-order valence-corrected chi connectivity index (χ1v) is 25.8. The van der Waals surface area contributed by atoms with Crippen molar-refractivity contribution >= 4 is 68.3 Å². The van der Waals surface area contributed by atoms with Crippen molar-refractivity contribution in [1.29, 1.82) is 5.41 Å². The SMILES string of the molecule is CC(C)(C)OC(=O)Nc1nc(/C(=N/OC(COc2ccc(C(=N)NC3CCN(C(=O)OC(C)(C)C)CC3)cc2)C(=O)OC(c2ccccc2)c2ccccc2)C(=O)N[C@@H]2C(=O)N(S(=O)(=O)O)[C@@H]2Cn2cncn2)cs1. The molecular weight excluding hydrogens is 1010 g/mol. The highest BCUT2D eigenvalue weighted by molar-refractivity contribution is 7.84. The zero-order valence-corrected chi connectivity index (χ0v) is 43.4. The van der Waals surface area contributed by atoms with Crippen LogP contribution in [0.4, 0.5) is 14.7 Å². The predicted octanol–water partition coefficient (Wildman–Crippen LogP) is 5.10. The maximum atomic E-state index is 14.5. The number of carbonyl (C=O) groups excluding carboxylic acids is 5. The van der Waals surface area contributed by atoms with Crippen molar-refractivity contribution in [3.05, 3.63) is 125 Å². The Morgan fingerprint density at radius 1 is 0.893 bits per heavy atom. The molecule has 3 aromatic carbocycles. The molecule has 5 aromatic rings. The zero-order valence-electron chi connectivity index (χ0n) is 41.7. The number of hydrogen-bond acceptors (Lipinski definition) is 18. The van der Waals surface area contributed by atoms with Crippen LogP contribution in [-0.4, -0.2) is 139 Å². The van der Waals surface area contributed by atoms with Crippen LogP contribution >= 0.6 is 11.3 Å². The molecule has 2 saturated heterocycles. The highest BCUT2D eigenvalue weighted by Gasteiger charge is 2.54. The van der Waals surface area contributed by atoms with Gasteiger partial charge < -0.3 is 39.3 Å². The van der Waals surface area contributed by atoms with Crippen LogP contribution in [0.15, 0.2) is 108 Å². The average molecular weight is 1070 g/mol. The summed E-state index contributed by atoms with van der Waals surface area (Å²) in [5.41, 5.74) is -0.626. The summed E-state index contributed by atoms with van der Waals surface area (Å²) in [6.45, 7) is 10.4. The van der Waals surface area contributed by atoms with Crippen molar-refractivity contribution in [3.63, 3.8) is 0 Å². The Balaban J connectivity index is 1.14. The normalized spacial score (nSPS) is 16.8. The van der Waals surface area contributed by atoms with Gasteiger partial charge in [-0.1, -0.05) is 65.8 Å². The molecule has 0 saturated carbocycles. The fourth-order valence-electron chi connectivity index (χ4n) is 7.65. The highest BCUT2D eigenvalue weighted by Crippen LogP contribution is 2.29. The van der Waals surface area contributed by atoms with E-state index < -0.39 is 82.0 Å². The first kappa shape index (κ1) is 54.8. The van der Waals surface area contributed by atoms with Crippen molar-refractivity contribution in [2.45, 2.75) is 102 Å². The molecule has 4 amide bonds. The van der Waals surface area contributed by atoms with Gasteiger partial charge in [0.2, 0.25) is 0 Å². The number of nitrogens with one attached hydrogen (secondary N) is 4. The van der Waals surface area contributed by atoms with Gasteiger partial charge in [0.15, 0.2) is 16.9 Å². The molecular formula is C49H57N11O13S2. The van der Waals surface area contributed by atoms with Crippen molar-refractivity contribution in [2.75, 3.05) is 25.0 Å². The van der Waals surface area contributed by atoms with Gasteiger partial charge in [0, 0.05) is 30.1 Å². The summed E-state index contributed by atoms with van der Waals surface area (Å²) in [7, 11) is -5.10. The molecule has 4 heterocycles. The molecule has 398 valence electrons. The highest BCUT2D eigenvalue weighted by atomic mass is 32.2. The Kier molecular flexibility index (Phi) is 17.2. The van der Waals surface area contributed by atoms with Crippen LogP contribution < -0.4 is 20.7 Å². The minimum absolute atomic E-state index is 0.0516. The van der Waals surface area contributed by atoms with Crippen LogP contribution in [0.25, 0.3) is 0 Å². The third kappa shape index (κ3) is 15.1. The lowest BCUT2D eigenvalue weighted by Crippen LogP contribution is -2.73. The number of β-lactam (4-membered cyclic amide) rings is 1. The number of amides is 4. The number of esters is 1. The number of oxime groups is 1. The van der Waals surface area contributed by atoms with E-state index in [4.69, 9.17) is 29.2 Å². The molecule has 75 heavy (non-hydrogen) atoms. The van der Waals surface area contributed by atoms with Crippen molar-refractivity contribution in [3.8, 4) is 5.75 Å². The van der Waals surface area contributed by atoms with Crippen molar-refractivity contribution in [1.82, 2.24) is 39.6 Å². The summed E-state index contributed by atoms with van der Waals surface area (Å²) in [6, 6.07) is 21.2. The van der Waals surface area contributed by atoms with Gasteiger partial charge in [-0.05, 0) is 89.8 Å². The summed E-state index contributed by atoms with van der Waals surface area (Å²) < 4.78 is 58.9. The molecule has 24 nitrogen and oxygen atoms in total. The number of likely N-dealkylation sites (tertiary alicyclic amines) is 1. The van der Waals surface area contributed by atoms with Crippen LogP contribution in [0.1, 0.15) is 82.9 Å². The first-order valence-electron chi connectivity index (χ1n) is 23.5. The standard InChI is InChI=1S/C49H57N11O13S2/c1-48(2,3)71-46(64)56-45-54-35(27-74-45)38(42(61)55-39-36(25-59-29-51-28-52-59)60(43(39)62)75(66,67)68)57-73-37(44(63)70-40(30-13-9-7-10-14-30)31-15-11-8-12-16-31)26-69-34-19-17-32(18-20-34)41(50)53-33-21-23-58(24-22-33)47(65)72-49(4,5)6/h7-20,27-29,33,36-37,39-40H,21-26H2,1-6H3,(H2,50,53)(H,55,61)(H,54,56,64)(H,66,67,68)/b57-38-/t36-,37?,39+/m1/s1. The van der Waals surface area contributed by atoms with E-state index in [9.17, 15) is 36.9 Å². The Morgan fingerprint density at radius 2 is 1.52 bits per heavy atom. The molecule has 2 aromatic heterocycles. The zero-order chi connectivity index (χ0) is 54.1. The van der Waals surface area contributed by atoms with Gasteiger partial charge in [0.1, 0.15) is 53.8 Å². The number of thiazole rings is 1. The first-order chi connectivity index (χ1) is 35.5. The molecule has 2 fully saturated rings. The molecule has 0 radical (unpaired) electrons. The van der Waals surface area contributed by atoms with Gasteiger partial charge >= 0.3 is 28.5 Å². The molecule has 1 unspecified atom stereocenters. The third-order valence-electron chi connectivity index (χ3n) is 11.1. The number of hydrogen-bond donors (Lipinski definition) is 5. The number of ether oxygens (including phenoxy) is 4. The molecule has 3 atom stereocenters. The number of piperidine rings is 1. The van der Waals surface area contributed by atoms with Crippen molar-refractivity contribution in [2.24, 2.45) is 5.16 Å². The van der Waals surface area contributed by atoms with Crippen LogP contribution in [0, 0.1) is 5.41 Å². The lowest BCUT2D eigenvalue weighted by atomic mass is 9.98. The molecule has 2 aliphatic heterocycles. The maximum absolute atomic E-state index is 14.5. The second-order valence-electron chi connectivity index (χ2n) is 19.2. The number of nitrogens with zero attached hydrogens (tertiary/aromatic N) is 7. The van der Waals surface area contributed by atoms with E-state index in [1.165, 1.54) is 16.4 Å². The van der Waals surface area contributed by atoms with Crippen molar-refractivity contribution < 1.29 is 60.7 Å². The minimum atomic E-state index is -5.10. The molecule has 0 bridgehead atoms. The van der Waals surface area contributed by atoms with E-state index in [0.717, 1.165) is 17.7 Å². The van der Waals surface area contributed by atoms with Gasteiger partial charge in [0.05, 0.1) is 12.6 Å². The lowest BCUT2D eigenvalue weighted by Gasteiger charge is -2.43. The number of carbonyl (C=O) groups is 5. The van der Waals surface area contributed by atoms with Gasteiger partial charge in [-0.2, -0.15) is 13.5 Å². The lowest BCUT2D eigenvalue weighted by molar-refractivity contribution is -0.163. The summed E-state index contributed by atoms with van der Waals surface area (Å²) in [5.74, 6) is -2.96. The predicted molar refractivity (Wildman–Crippen MR) is 271 cm³/mol. The fourth-order valence-corrected chi connectivity index (χ4v) is 9.20. The second kappa shape index (κ2) is 23.5. The quantitative estimate of drug-likeness (QED) is 0.0145. The maximum Gasteiger partial charge on any atom is 0.413 e. The van der Waals surface area contributed by atoms with E-state index in [1.54, 1.807) is 111 Å². The number of aromatic nitrogens is 4. The van der Waals surface area contributed by atoms with Crippen LogP contribution in [0.2, 0.25) is 0 Å². The molecule has 5 N–H and O–H groups in total. The van der Waals surface area contributed by atoms with Crippen LogP contribution in [0.3, 0.4) is 0 Å². The smallest absolute Gasteiger partial charge is 0.413 e. The minimum Gasteiger partial charge on any atom is -0.489 e. The average Bonchev–Trinajstić information content (AvgIpc) is 4.05. The Hall–Kier alpha value is -7.97. The van der Waals surface area contributed by atoms with Gasteiger partial charge in [0.25, 0.3) is 17.9 Å². The van der Waals surface area contributed by atoms with Gasteiger partial charge in [-0.25, -0.2) is 28.7 Å². The van der Waals surface area contributed by atoms with E-state index in [1.807, 2.05) is 20.8 Å². The van der Waals surface area contributed by atoms with E-state index >= 15 is 0 Å². The van der Waals surface area contributed by atoms with Crippen LogP contribution in [-0.2, 0) is 50.3 Å². The van der Waals surface area contributed by atoms with E-state index in [-0.39, 0.29) is 45.4 Å². The summed E-state index contributed by atoms with van der Waals surface area (Å²) >= 11 is 0.863. The molecule has 7 rings (SSSR count). The fraction of sp³-hybridized carbons (Fsp3) is 0.388. The molecule has 26 heteroatoms. The third-order valence-corrected chi connectivity index (χ3v) is 12.8. The number of anilines is 1. The van der Waals surface area contributed by atoms with Gasteiger partial charge in [-0.3, -0.25) is 29.5 Å². The largest absolute Gasteiger partial charge is 0.489 e. The van der Waals surface area contributed by atoms with Gasteiger partial charge in [-0.15, -0.1) is 11.3 Å². The summed E-state index contributed by atoms with van der Waals surface area (Å²) in [5, 5.41) is 26.2. The topological polar surface area (TPSA) is 308 Å². The summed E-state index contributed by atoms with van der Waals surface area (Å²) in [6.07, 6.45) is -0.339.